The smallest absolute Gasteiger partial charge is 0.255 e. The summed E-state index contributed by atoms with van der Waals surface area (Å²) in [6, 6.07) is 1.63. The van der Waals surface area contributed by atoms with Crippen LogP contribution >= 0.6 is 11.6 Å². The molecule has 0 aliphatic carbocycles. The second-order valence-electron chi connectivity index (χ2n) is 7.28. The monoisotopic (exact) mass is 488 g/mol. The van der Waals surface area contributed by atoms with Gasteiger partial charge in [0, 0.05) is 43.6 Å². The molecule has 0 spiro atoms. The van der Waals surface area contributed by atoms with Crippen molar-refractivity contribution in [2.45, 2.75) is 0 Å². The predicted octanol–water partition coefficient (Wildman–Crippen LogP) is 3.30. The van der Waals surface area contributed by atoms with Gasteiger partial charge in [0.15, 0.2) is 17.4 Å². The number of ether oxygens (including phenoxy) is 2. The molecule has 2 N–H and O–H groups in total. The largest absolute Gasteiger partial charge is 0.491 e. The number of morpholine rings is 1. The molecule has 0 aromatic carbocycles. The van der Waals surface area contributed by atoms with E-state index in [4.69, 9.17) is 21.1 Å². The highest BCUT2D eigenvalue weighted by molar-refractivity contribution is 6.31. The molecule has 1 aliphatic heterocycles. The lowest BCUT2D eigenvalue weighted by atomic mass is 10.2. The van der Waals surface area contributed by atoms with E-state index in [2.05, 4.69) is 43.6 Å². The van der Waals surface area contributed by atoms with Gasteiger partial charge in [0.2, 0.25) is 0 Å². The summed E-state index contributed by atoms with van der Waals surface area (Å²) in [6.07, 6.45) is 5.64. The number of rotatable bonds is 10. The fourth-order valence-electron chi connectivity index (χ4n) is 3.22. The van der Waals surface area contributed by atoms with E-state index >= 15 is 0 Å². The molecule has 1 aliphatic rings. The minimum atomic E-state index is -0.776. The van der Waals surface area contributed by atoms with Crippen molar-refractivity contribution < 1.29 is 18.7 Å². The molecule has 2 aromatic heterocycles. The molecule has 11 heteroatoms. The first-order chi connectivity index (χ1) is 16.4. The van der Waals surface area contributed by atoms with E-state index in [1.807, 2.05) is 0 Å². The number of amides is 1. The van der Waals surface area contributed by atoms with E-state index in [0.717, 1.165) is 19.6 Å². The second-order valence-corrected chi connectivity index (χ2v) is 7.76. The Morgan fingerprint density at radius 3 is 2.79 bits per heavy atom. The molecular weight excluding hydrogens is 463 g/mol. The van der Waals surface area contributed by atoms with Crippen molar-refractivity contribution in [1.82, 2.24) is 25.2 Å². The topological polar surface area (TPSA) is 102 Å². The molecule has 1 saturated heterocycles. The van der Waals surface area contributed by atoms with Crippen LogP contribution in [0.1, 0.15) is 16.2 Å². The number of halogens is 2. The summed E-state index contributed by atoms with van der Waals surface area (Å²) >= 11 is 5.81. The first-order valence-corrected chi connectivity index (χ1v) is 10.9. The molecule has 2 aromatic rings. The summed E-state index contributed by atoms with van der Waals surface area (Å²) < 4.78 is 24.7. The van der Waals surface area contributed by atoms with Crippen LogP contribution in [0.25, 0.3) is 5.57 Å². The van der Waals surface area contributed by atoms with Crippen molar-refractivity contribution in [3.63, 3.8) is 0 Å². The summed E-state index contributed by atoms with van der Waals surface area (Å²) in [4.78, 5) is 27.6. The second kappa shape index (κ2) is 12.2. The number of pyridine rings is 1. The van der Waals surface area contributed by atoms with Crippen LogP contribution in [-0.4, -0.2) is 72.3 Å². The van der Waals surface area contributed by atoms with Gasteiger partial charge in [0.1, 0.15) is 5.83 Å². The number of anilines is 2. The lowest BCUT2D eigenvalue weighted by molar-refractivity contribution is 0.0383. The quantitative estimate of drug-likeness (QED) is 0.491. The van der Waals surface area contributed by atoms with Gasteiger partial charge in [0.25, 0.3) is 5.91 Å². The molecular formula is C23H26ClFN6O3. The highest BCUT2D eigenvalue weighted by Gasteiger charge is 2.18. The third kappa shape index (κ3) is 6.83. The predicted molar refractivity (Wildman–Crippen MR) is 129 cm³/mol. The molecule has 0 radical (unpaired) electrons. The van der Waals surface area contributed by atoms with E-state index in [1.165, 1.54) is 31.8 Å². The van der Waals surface area contributed by atoms with E-state index in [-0.39, 0.29) is 33.9 Å². The summed E-state index contributed by atoms with van der Waals surface area (Å²) in [5.74, 6) is -0.556. The zero-order valence-electron chi connectivity index (χ0n) is 18.8. The number of aromatic nitrogens is 3. The Morgan fingerprint density at radius 1 is 1.35 bits per heavy atom. The minimum absolute atomic E-state index is 0.0168. The van der Waals surface area contributed by atoms with Gasteiger partial charge in [-0.05, 0) is 12.1 Å². The van der Waals surface area contributed by atoms with Crippen LogP contribution in [0, 0.1) is 0 Å². The highest BCUT2D eigenvalue weighted by Crippen LogP contribution is 2.30. The molecule has 34 heavy (non-hydrogen) atoms. The Hall–Kier alpha value is -3.34. The Kier molecular flexibility index (Phi) is 9.08. The normalized spacial score (nSPS) is 14.4. The van der Waals surface area contributed by atoms with Crippen LogP contribution in [-0.2, 0) is 4.74 Å². The molecule has 3 heterocycles. The van der Waals surface area contributed by atoms with Crippen LogP contribution in [0.5, 0.6) is 5.75 Å². The van der Waals surface area contributed by atoms with Crippen molar-refractivity contribution in [3.05, 3.63) is 66.1 Å². The summed E-state index contributed by atoms with van der Waals surface area (Å²) in [5.41, 5.74) is 0.723. The zero-order chi connectivity index (χ0) is 24.5. The van der Waals surface area contributed by atoms with Crippen LogP contribution < -0.4 is 15.4 Å². The average Bonchev–Trinajstić information content (AvgIpc) is 2.83. The minimum Gasteiger partial charge on any atom is -0.491 e. The lowest BCUT2D eigenvalue weighted by Gasteiger charge is -2.26. The maximum atomic E-state index is 14.0. The van der Waals surface area contributed by atoms with Gasteiger partial charge in [-0.25, -0.2) is 14.4 Å². The van der Waals surface area contributed by atoms with Gasteiger partial charge < -0.3 is 20.1 Å². The Bertz CT molecular complexity index is 1090. The van der Waals surface area contributed by atoms with E-state index < -0.39 is 5.83 Å². The van der Waals surface area contributed by atoms with Crippen molar-refractivity contribution in [2.75, 3.05) is 51.8 Å². The molecule has 180 valence electrons. The number of carbonyl (C=O) groups is 1. The Balaban J connectivity index is 1.80. The molecule has 0 bridgehead atoms. The van der Waals surface area contributed by atoms with E-state index in [1.54, 1.807) is 6.07 Å². The Morgan fingerprint density at radius 2 is 2.12 bits per heavy atom. The number of hydrogen-bond donors (Lipinski definition) is 2. The maximum Gasteiger partial charge on any atom is 0.255 e. The van der Waals surface area contributed by atoms with Crippen LogP contribution in [0.15, 0.2) is 54.7 Å². The molecule has 9 nitrogen and oxygen atoms in total. The van der Waals surface area contributed by atoms with Gasteiger partial charge in [-0.15, -0.1) is 0 Å². The standard InChI is InChI=1S/C23H26ClFN6O3/c1-15(24)12-17(16(2)25)21-28-14-20(33-3)22(30-21)29-19-4-5-26-13-18(19)23(32)27-6-7-31-8-10-34-11-9-31/h4-5,12-14H,1-2,6-11H2,3H3,(H,27,32)(H,26,28,29,30)/b17-12+. The first kappa shape index (κ1) is 25.3. The van der Waals surface area contributed by atoms with Crippen molar-refractivity contribution in [2.24, 2.45) is 0 Å². The third-order valence-electron chi connectivity index (χ3n) is 4.95. The molecule has 1 amide bonds. The van der Waals surface area contributed by atoms with Crippen LogP contribution in [0.3, 0.4) is 0 Å². The fraction of sp³-hybridized carbons (Fsp3) is 0.304. The molecule has 0 saturated carbocycles. The first-order valence-electron chi connectivity index (χ1n) is 10.5. The molecule has 0 unspecified atom stereocenters. The molecule has 1 fully saturated rings. The van der Waals surface area contributed by atoms with Crippen molar-refractivity contribution in [3.8, 4) is 5.75 Å². The van der Waals surface area contributed by atoms with Gasteiger partial charge in [-0.3, -0.25) is 14.7 Å². The highest BCUT2D eigenvalue weighted by atomic mass is 35.5. The lowest BCUT2D eigenvalue weighted by Crippen LogP contribution is -2.41. The Labute approximate surface area is 202 Å². The SMILES string of the molecule is C=C(Cl)/C=C(\C(=C)F)c1ncc(OC)c(Nc2ccncc2C(=O)NCCN2CCOCC2)n1. The van der Waals surface area contributed by atoms with Crippen molar-refractivity contribution >= 4 is 34.6 Å². The van der Waals surface area contributed by atoms with Crippen LogP contribution in [0.4, 0.5) is 15.9 Å². The molecule has 0 atom stereocenters. The van der Waals surface area contributed by atoms with Gasteiger partial charge in [-0.1, -0.05) is 24.8 Å². The van der Waals surface area contributed by atoms with Gasteiger partial charge in [-0.2, -0.15) is 0 Å². The number of nitrogens with one attached hydrogen (secondary N) is 2. The summed E-state index contributed by atoms with van der Waals surface area (Å²) in [5, 5.41) is 6.06. The zero-order valence-corrected chi connectivity index (χ0v) is 19.6. The fourth-order valence-corrected chi connectivity index (χ4v) is 3.33. The summed E-state index contributed by atoms with van der Waals surface area (Å²) in [6.45, 7) is 11.1. The number of carbonyl (C=O) groups excluding carboxylic acids is 1. The number of hydrogen-bond acceptors (Lipinski definition) is 8. The molecule has 3 rings (SSSR count). The number of methoxy groups -OCH3 is 1. The van der Waals surface area contributed by atoms with Crippen LogP contribution in [0.2, 0.25) is 0 Å². The third-order valence-corrected chi connectivity index (χ3v) is 5.05. The number of allylic oxidation sites excluding steroid dienone is 4. The van der Waals surface area contributed by atoms with E-state index in [0.29, 0.717) is 31.0 Å². The van der Waals surface area contributed by atoms with Gasteiger partial charge >= 0.3 is 0 Å². The average molecular weight is 489 g/mol. The van der Waals surface area contributed by atoms with E-state index in [9.17, 15) is 9.18 Å². The summed E-state index contributed by atoms with van der Waals surface area (Å²) in [7, 11) is 1.45. The maximum absolute atomic E-state index is 14.0. The van der Waals surface area contributed by atoms with Crippen molar-refractivity contribution in [1.29, 1.82) is 0 Å². The van der Waals surface area contributed by atoms with Gasteiger partial charge in [0.05, 0.1) is 43.3 Å². The number of nitrogens with zero attached hydrogens (tertiary/aromatic N) is 4.